The first-order valence-electron chi connectivity index (χ1n) is 10.0. The summed E-state index contributed by atoms with van der Waals surface area (Å²) in [6.07, 6.45) is 2.12. The number of hydrogen-bond donors (Lipinski definition) is 1. The average Bonchev–Trinajstić information content (AvgIpc) is 3.22. The minimum absolute atomic E-state index is 0.0174. The molecule has 0 aromatic carbocycles. The van der Waals surface area contributed by atoms with Gasteiger partial charge >= 0.3 is 0 Å². The van der Waals surface area contributed by atoms with Gasteiger partial charge in [-0.25, -0.2) is 8.42 Å². The van der Waals surface area contributed by atoms with E-state index in [0.717, 1.165) is 23.3 Å². The van der Waals surface area contributed by atoms with Crippen molar-refractivity contribution in [1.82, 2.24) is 34.1 Å². The molecule has 0 bridgehead atoms. The van der Waals surface area contributed by atoms with Crippen LogP contribution in [-0.2, 0) is 28.4 Å². The lowest BCUT2D eigenvalue weighted by molar-refractivity contribution is -0.121. The highest BCUT2D eigenvalue weighted by Gasteiger charge is 2.29. The van der Waals surface area contributed by atoms with Crippen molar-refractivity contribution in [3.05, 3.63) is 11.9 Å². The van der Waals surface area contributed by atoms with Crippen molar-refractivity contribution in [2.45, 2.75) is 39.0 Å². The van der Waals surface area contributed by atoms with Gasteiger partial charge in [-0.2, -0.15) is 14.5 Å². The lowest BCUT2D eigenvalue weighted by atomic mass is 10.3. The van der Waals surface area contributed by atoms with E-state index in [0.29, 0.717) is 45.7 Å². The van der Waals surface area contributed by atoms with E-state index >= 15 is 0 Å². The van der Waals surface area contributed by atoms with Crippen LogP contribution in [0.5, 0.6) is 0 Å². The number of aromatic nitrogens is 4. The molecule has 0 spiro atoms. The van der Waals surface area contributed by atoms with Gasteiger partial charge in [0.1, 0.15) is 11.0 Å². The lowest BCUT2D eigenvalue weighted by Crippen LogP contribution is -2.51. The van der Waals surface area contributed by atoms with Crippen LogP contribution in [-0.4, -0.2) is 87.6 Å². The summed E-state index contributed by atoms with van der Waals surface area (Å²) >= 11 is 0. The predicted octanol–water partition coefficient (Wildman–Crippen LogP) is -0.0597. The number of nitrogens with one attached hydrogen (secondary N) is 1. The Morgan fingerprint density at radius 2 is 1.90 bits per heavy atom. The molecule has 1 aliphatic heterocycles. The van der Waals surface area contributed by atoms with Gasteiger partial charge in [0.05, 0.1) is 23.7 Å². The summed E-state index contributed by atoms with van der Waals surface area (Å²) in [7, 11) is -1.30. The molecule has 11 heteroatoms. The van der Waals surface area contributed by atoms with Crippen molar-refractivity contribution in [2.24, 2.45) is 7.05 Å². The first-order chi connectivity index (χ1) is 13.7. The molecule has 3 heterocycles. The smallest absolute Gasteiger partial charge is 0.221 e. The summed E-state index contributed by atoms with van der Waals surface area (Å²) in [6.45, 7) is 9.52. The Bertz CT molecular complexity index is 956. The molecule has 1 aliphatic rings. The molecule has 10 nitrogen and oxygen atoms in total. The van der Waals surface area contributed by atoms with Crippen LogP contribution in [0.25, 0.3) is 11.0 Å². The molecular weight excluding hydrogens is 394 g/mol. The van der Waals surface area contributed by atoms with Gasteiger partial charge in [0.15, 0.2) is 0 Å². The molecule has 29 heavy (non-hydrogen) atoms. The highest BCUT2D eigenvalue weighted by molar-refractivity contribution is 7.89. The Labute approximate surface area is 171 Å². The number of aryl methyl sites for hydroxylation is 3. The summed E-state index contributed by atoms with van der Waals surface area (Å²) in [5.41, 5.74) is 2.83. The Balaban J connectivity index is 1.38. The molecule has 2 aromatic heterocycles. The van der Waals surface area contributed by atoms with Gasteiger partial charge in [0, 0.05) is 52.7 Å². The number of rotatable bonds is 8. The Morgan fingerprint density at radius 1 is 1.21 bits per heavy atom. The normalized spacial score (nSPS) is 16.7. The minimum atomic E-state index is -3.18. The Morgan fingerprint density at radius 3 is 2.55 bits per heavy atom. The van der Waals surface area contributed by atoms with E-state index in [4.69, 9.17) is 0 Å². The number of nitrogens with zero attached hydrogens (tertiary/aromatic N) is 6. The van der Waals surface area contributed by atoms with E-state index in [2.05, 4.69) is 20.4 Å². The Hall–Kier alpha value is -1.98. The number of piperazine rings is 1. The zero-order valence-electron chi connectivity index (χ0n) is 17.6. The second-order valence-electron chi connectivity index (χ2n) is 7.74. The van der Waals surface area contributed by atoms with E-state index < -0.39 is 10.0 Å². The fraction of sp³-hybridized carbons (Fsp3) is 0.722. The standard InChI is InChI=1S/C18H31N7O3S/c1-14(2)29(27,28)24-11-9-23(10-12-24)8-6-19-17(26)5-7-25-18-15(3)21-22(4)16(18)13-20-25/h13-14H,5-12H2,1-4H3,(H,19,26). The average molecular weight is 426 g/mol. The number of sulfonamides is 1. The minimum Gasteiger partial charge on any atom is -0.355 e. The van der Waals surface area contributed by atoms with Crippen LogP contribution in [0.15, 0.2) is 6.20 Å². The largest absolute Gasteiger partial charge is 0.355 e. The summed E-state index contributed by atoms with van der Waals surface area (Å²) in [5, 5.41) is 11.3. The van der Waals surface area contributed by atoms with Gasteiger partial charge in [-0.3, -0.25) is 19.1 Å². The van der Waals surface area contributed by atoms with E-state index in [9.17, 15) is 13.2 Å². The third-order valence-corrected chi connectivity index (χ3v) is 7.68. The third-order valence-electron chi connectivity index (χ3n) is 5.40. The topological polar surface area (TPSA) is 105 Å². The van der Waals surface area contributed by atoms with Crippen molar-refractivity contribution >= 4 is 27.0 Å². The SMILES string of the molecule is Cc1nn(C)c2cnn(CCC(=O)NCCN3CCN(S(=O)(=O)C(C)C)CC3)c12. The van der Waals surface area contributed by atoms with Crippen LogP contribution in [0.1, 0.15) is 26.0 Å². The van der Waals surface area contributed by atoms with Crippen LogP contribution >= 0.6 is 0 Å². The molecule has 1 fully saturated rings. The molecule has 1 amide bonds. The van der Waals surface area contributed by atoms with Gasteiger partial charge < -0.3 is 5.32 Å². The van der Waals surface area contributed by atoms with Crippen molar-refractivity contribution in [2.75, 3.05) is 39.3 Å². The van der Waals surface area contributed by atoms with Crippen LogP contribution in [0, 0.1) is 6.92 Å². The molecule has 162 valence electrons. The molecule has 3 rings (SSSR count). The van der Waals surface area contributed by atoms with Gasteiger partial charge in [-0.1, -0.05) is 0 Å². The molecule has 1 saturated heterocycles. The molecule has 0 aliphatic carbocycles. The number of carbonyl (C=O) groups excluding carboxylic acids is 1. The van der Waals surface area contributed by atoms with Gasteiger partial charge in [-0.15, -0.1) is 0 Å². The van der Waals surface area contributed by atoms with Crippen LogP contribution in [0.4, 0.5) is 0 Å². The number of amides is 1. The maximum atomic E-state index is 12.2. The maximum Gasteiger partial charge on any atom is 0.221 e. The Kier molecular flexibility index (Phi) is 6.59. The van der Waals surface area contributed by atoms with Gasteiger partial charge in [0.2, 0.25) is 15.9 Å². The van der Waals surface area contributed by atoms with Crippen LogP contribution in [0.3, 0.4) is 0 Å². The fourth-order valence-electron chi connectivity index (χ4n) is 3.64. The molecule has 0 radical (unpaired) electrons. The summed E-state index contributed by atoms with van der Waals surface area (Å²) in [4.78, 5) is 14.4. The second kappa shape index (κ2) is 8.80. The molecule has 0 saturated carbocycles. The van der Waals surface area contributed by atoms with Crippen molar-refractivity contribution < 1.29 is 13.2 Å². The predicted molar refractivity (Wildman–Crippen MR) is 111 cm³/mol. The second-order valence-corrected chi connectivity index (χ2v) is 10.2. The zero-order chi connectivity index (χ0) is 21.2. The summed E-state index contributed by atoms with van der Waals surface area (Å²) in [5.74, 6) is -0.0174. The first-order valence-corrected chi connectivity index (χ1v) is 11.5. The van der Waals surface area contributed by atoms with Gasteiger partial charge in [0.25, 0.3) is 0 Å². The molecule has 0 unspecified atom stereocenters. The first kappa shape index (κ1) is 21.7. The zero-order valence-corrected chi connectivity index (χ0v) is 18.4. The summed E-state index contributed by atoms with van der Waals surface area (Å²) < 4.78 is 29.6. The quantitative estimate of drug-likeness (QED) is 0.635. The molecular formula is C18H31N7O3S. The molecule has 1 N–H and O–H groups in total. The van der Waals surface area contributed by atoms with E-state index in [1.807, 2.05) is 18.7 Å². The third kappa shape index (κ3) is 4.78. The lowest BCUT2D eigenvalue weighted by Gasteiger charge is -2.34. The van der Waals surface area contributed by atoms with E-state index in [1.54, 1.807) is 29.0 Å². The maximum absolute atomic E-state index is 12.2. The number of fused-ring (bicyclic) bond motifs is 1. The molecule has 0 atom stereocenters. The van der Waals surface area contributed by atoms with Crippen LogP contribution in [0.2, 0.25) is 0 Å². The fourth-order valence-corrected chi connectivity index (χ4v) is 4.90. The van der Waals surface area contributed by atoms with Crippen molar-refractivity contribution in [1.29, 1.82) is 0 Å². The highest BCUT2D eigenvalue weighted by atomic mass is 32.2. The summed E-state index contributed by atoms with van der Waals surface area (Å²) in [6, 6.07) is 0. The van der Waals surface area contributed by atoms with E-state index in [1.165, 1.54) is 0 Å². The van der Waals surface area contributed by atoms with Crippen molar-refractivity contribution in [3.63, 3.8) is 0 Å². The van der Waals surface area contributed by atoms with E-state index in [-0.39, 0.29) is 11.2 Å². The molecule has 2 aromatic rings. The van der Waals surface area contributed by atoms with Crippen LogP contribution < -0.4 is 5.32 Å². The number of hydrogen-bond acceptors (Lipinski definition) is 6. The number of carbonyl (C=O) groups is 1. The van der Waals surface area contributed by atoms with Crippen molar-refractivity contribution in [3.8, 4) is 0 Å². The highest BCUT2D eigenvalue weighted by Crippen LogP contribution is 2.17. The monoisotopic (exact) mass is 425 g/mol. The van der Waals surface area contributed by atoms with Gasteiger partial charge in [-0.05, 0) is 20.8 Å².